The summed E-state index contributed by atoms with van der Waals surface area (Å²) in [6, 6.07) is 4.91. The molecule has 6 nitrogen and oxygen atoms in total. The smallest absolute Gasteiger partial charge is 0.257 e. The summed E-state index contributed by atoms with van der Waals surface area (Å²) in [7, 11) is 2.94. The molecular formula is C11H15N3O3. The number of nitrogen functional groups attached to an aromatic ring is 1. The minimum atomic E-state index is -0.441. The van der Waals surface area contributed by atoms with E-state index in [1.54, 1.807) is 18.2 Å². The largest absolute Gasteiger partial charge is 0.496 e. The average Bonchev–Trinajstić information content (AvgIpc) is 2.34. The van der Waals surface area contributed by atoms with Crippen LogP contribution in [0.5, 0.6) is 5.75 Å². The molecule has 0 spiro atoms. The van der Waals surface area contributed by atoms with Crippen LogP contribution < -0.4 is 21.1 Å². The molecule has 2 amide bonds. The van der Waals surface area contributed by atoms with E-state index in [0.29, 0.717) is 11.4 Å². The molecule has 92 valence electrons. The third-order valence-electron chi connectivity index (χ3n) is 2.19. The molecule has 0 aliphatic carbocycles. The third-order valence-corrected chi connectivity index (χ3v) is 2.19. The molecule has 0 heterocycles. The first-order chi connectivity index (χ1) is 8.10. The van der Waals surface area contributed by atoms with Gasteiger partial charge in [-0.2, -0.15) is 0 Å². The van der Waals surface area contributed by atoms with E-state index in [9.17, 15) is 9.59 Å². The quantitative estimate of drug-likeness (QED) is 0.630. The van der Waals surface area contributed by atoms with Gasteiger partial charge in [-0.3, -0.25) is 9.59 Å². The van der Waals surface area contributed by atoms with E-state index in [2.05, 4.69) is 10.6 Å². The van der Waals surface area contributed by atoms with Gasteiger partial charge in [-0.25, -0.2) is 0 Å². The molecule has 17 heavy (non-hydrogen) atoms. The molecular weight excluding hydrogens is 222 g/mol. The van der Waals surface area contributed by atoms with E-state index in [0.717, 1.165) is 0 Å². The number of hydrogen-bond acceptors (Lipinski definition) is 4. The van der Waals surface area contributed by atoms with Gasteiger partial charge >= 0.3 is 0 Å². The summed E-state index contributed by atoms with van der Waals surface area (Å²) in [6.45, 7) is -0.104. The fourth-order valence-electron chi connectivity index (χ4n) is 1.30. The maximum Gasteiger partial charge on any atom is 0.257 e. The fourth-order valence-corrected chi connectivity index (χ4v) is 1.30. The molecule has 0 unspecified atom stereocenters. The topological polar surface area (TPSA) is 93.5 Å². The third kappa shape index (κ3) is 3.10. The van der Waals surface area contributed by atoms with Crippen molar-refractivity contribution in [1.82, 2.24) is 10.6 Å². The Bertz CT molecular complexity index is 432. The number of nitrogens with one attached hydrogen (secondary N) is 2. The van der Waals surface area contributed by atoms with Gasteiger partial charge in [0.2, 0.25) is 5.91 Å². The lowest BCUT2D eigenvalue weighted by molar-refractivity contribution is -0.119. The highest BCUT2D eigenvalue weighted by Gasteiger charge is 2.15. The highest BCUT2D eigenvalue weighted by atomic mass is 16.5. The minimum Gasteiger partial charge on any atom is -0.496 e. The van der Waals surface area contributed by atoms with Gasteiger partial charge in [0.25, 0.3) is 5.91 Å². The number of amides is 2. The summed E-state index contributed by atoms with van der Waals surface area (Å²) in [6.07, 6.45) is 0. The molecule has 0 fully saturated rings. The second-order valence-electron chi connectivity index (χ2n) is 3.28. The second-order valence-corrected chi connectivity index (χ2v) is 3.28. The summed E-state index contributed by atoms with van der Waals surface area (Å²) in [4.78, 5) is 22.8. The van der Waals surface area contributed by atoms with Crippen LogP contribution in [0.4, 0.5) is 5.69 Å². The van der Waals surface area contributed by atoms with Crippen LogP contribution in [-0.2, 0) is 4.79 Å². The van der Waals surface area contributed by atoms with Crippen LogP contribution in [0.1, 0.15) is 10.4 Å². The van der Waals surface area contributed by atoms with Crippen LogP contribution >= 0.6 is 0 Å². The van der Waals surface area contributed by atoms with Gasteiger partial charge in [0.1, 0.15) is 11.3 Å². The van der Waals surface area contributed by atoms with E-state index >= 15 is 0 Å². The maximum atomic E-state index is 11.8. The van der Waals surface area contributed by atoms with Crippen molar-refractivity contribution in [2.24, 2.45) is 0 Å². The molecule has 4 N–H and O–H groups in total. The van der Waals surface area contributed by atoms with Gasteiger partial charge in [-0.1, -0.05) is 6.07 Å². The Balaban J connectivity index is 2.85. The zero-order valence-electron chi connectivity index (χ0n) is 9.74. The molecule has 0 aliphatic rings. The Morgan fingerprint density at radius 3 is 2.71 bits per heavy atom. The summed E-state index contributed by atoms with van der Waals surface area (Å²) < 4.78 is 5.04. The molecule has 0 aromatic heterocycles. The predicted octanol–water partition coefficient (Wildman–Crippen LogP) is -0.247. The molecule has 1 aromatic rings. The summed E-state index contributed by atoms with van der Waals surface area (Å²) >= 11 is 0. The first kappa shape index (κ1) is 12.8. The van der Waals surface area contributed by atoms with Gasteiger partial charge in [0.15, 0.2) is 0 Å². The van der Waals surface area contributed by atoms with Crippen molar-refractivity contribution in [1.29, 1.82) is 0 Å². The van der Waals surface area contributed by atoms with Crippen molar-refractivity contribution in [3.8, 4) is 5.75 Å². The second kappa shape index (κ2) is 5.74. The number of rotatable bonds is 4. The Morgan fingerprint density at radius 1 is 1.41 bits per heavy atom. The Hall–Kier alpha value is -2.24. The van der Waals surface area contributed by atoms with Crippen LogP contribution in [0.15, 0.2) is 18.2 Å². The van der Waals surface area contributed by atoms with Crippen molar-refractivity contribution in [2.45, 2.75) is 0 Å². The minimum absolute atomic E-state index is 0.104. The van der Waals surface area contributed by atoms with Gasteiger partial charge in [0, 0.05) is 12.7 Å². The highest BCUT2D eigenvalue weighted by Crippen LogP contribution is 2.23. The van der Waals surface area contributed by atoms with E-state index in [4.69, 9.17) is 10.5 Å². The molecule has 0 radical (unpaired) electrons. The molecule has 0 bridgehead atoms. The summed E-state index contributed by atoms with van der Waals surface area (Å²) in [5, 5.41) is 4.85. The molecule has 0 atom stereocenters. The lowest BCUT2D eigenvalue weighted by Crippen LogP contribution is -2.35. The predicted molar refractivity (Wildman–Crippen MR) is 63.8 cm³/mol. The van der Waals surface area contributed by atoms with Crippen LogP contribution in [-0.4, -0.2) is 32.5 Å². The Kier molecular flexibility index (Phi) is 4.33. The van der Waals surface area contributed by atoms with Crippen LogP contribution in [0.3, 0.4) is 0 Å². The summed E-state index contributed by atoms with van der Waals surface area (Å²) in [5.41, 5.74) is 6.23. The van der Waals surface area contributed by atoms with Crippen molar-refractivity contribution in [3.63, 3.8) is 0 Å². The molecule has 1 rings (SSSR count). The number of ether oxygens (including phenoxy) is 1. The zero-order chi connectivity index (χ0) is 12.8. The molecule has 1 aromatic carbocycles. The highest BCUT2D eigenvalue weighted by molar-refractivity contribution is 6.03. The number of methoxy groups -OCH3 is 1. The molecule has 0 aliphatic heterocycles. The number of likely N-dealkylation sites (N-methyl/N-ethyl adjacent to an activating group) is 1. The number of hydrogen-bond donors (Lipinski definition) is 3. The van der Waals surface area contributed by atoms with Gasteiger partial charge in [0.05, 0.1) is 13.7 Å². The fraction of sp³-hybridized carbons (Fsp3) is 0.273. The first-order valence-electron chi connectivity index (χ1n) is 5.01. The van der Waals surface area contributed by atoms with E-state index < -0.39 is 5.91 Å². The van der Waals surface area contributed by atoms with E-state index in [-0.39, 0.29) is 18.0 Å². The van der Waals surface area contributed by atoms with Gasteiger partial charge in [-0.15, -0.1) is 0 Å². The van der Waals surface area contributed by atoms with Gasteiger partial charge < -0.3 is 21.1 Å². The SMILES string of the molecule is CNC(=O)CNC(=O)c1c(N)cccc1OC. The monoisotopic (exact) mass is 237 g/mol. The lowest BCUT2D eigenvalue weighted by Gasteiger charge is -2.10. The van der Waals surface area contributed by atoms with Crippen molar-refractivity contribution >= 4 is 17.5 Å². The standard InChI is InChI=1S/C11H15N3O3/c1-13-9(15)6-14-11(16)10-7(12)4-3-5-8(10)17-2/h3-5H,6,12H2,1-2H3,(H,13,15)(H,14,16). The van der Waals surface area contributed by atoms with Crippen LogP contribution in [0, 0.1) is 0 Å². The number of carbonyl (C=O) groups excluding carboxylic acids is 2. The normalized spacial score (nSPS) is 9.53. The molecule has 0 saturated carbocycles. The number of benzene rings is 1. The lowest BCUT2D eigenvalue weighted by atomic mass is 10.1. The molecule has 0 saturated heterocycles. The Labute approximate surface area is 99.1 Å². The van der Waals surface area contributed by atoms with E-state index in [1.165, 1.54) is 14.2 Å². The average molecular weight is 237 g/mol. The molecule has 6 heteroatoms. The van der Waals surface area contributed by atoms with Crippen molar-refractivity contribution < 1.29 is 14.3 Å². The van der Waals surface area contributed by atoms with E-state index in [1.807, 2.05) is 0 Å². The number of nitrogens with two attached hydrogens (primary N) is 1. The Morgan fingerprint density at radius 2 is 2.12 bits per heavy atom. The maximum absolute atomic E-state index is 11.8. The number of anilines is 1. The van der Waals surface area contributed by atoms with Gasteiger partial charge in [-0.05, 0) is 12.1 Å². The van der Waals surface area contributed by atoms with Crippen LogP contribution in [0.25, 0.3) is 0 Å². The van der Waals surface area contributed by atoms with Crippen molar-refractivity contribution in [2.75, 3.05) is 26.4 Å². The number of carbonyl (C=O) groups is 2. The van der Waals surface area contributed by atoms with Crippen molar-refractivity contribution in [3.05, 3.63) is 23.8 Å². The zero-order valence-corrected chi connectivity index (χ0v) is 9.74. The first-order valence-corrected chi connectivity index (χ1v) is 5.01. The van der Waals surface area contributed by atoms with Crippen LogP contribution in [0.2, 0.25) is 0 Å². The summed E-state index contributed by atoms with van der Waals surface area (Å²) in [5.74, 6) is -0.352.